The third-order valence-electron chi connectivity index (χ3n) is 5.61. The van der Waals surface area contributed by atoms with E-state index in [-0.39, 0.29) is 17.7 Å². The maximum atomic E-state index is 13.5. The van der Waals surface area contributed by atoms with Gasteiger partial charge in [0.25, 0.3) is 0 Å². The predicted octanol–water partition coefficient (Wildman–Crippen LogP) is 5.52. The molecule has 3 aromatic rings. The van der Waals surface area contributed by atoms with Crippen molar-refractivity contribution < 1.29 is 14.3 Å². The Bertz CT molecular complexity index is 1080. The molecule has 0 saturated carbocycles. The Morgan fingerprint density at radius 2 is 1.97 bits per heavy atom. The molecule has 6 heteroatoms. The van der Waals surface area contributed by atoms with Crippen molar-refractivity contribution in [2.45, 2.75) is 39.0 Å². The first-order chi connectivity index (χ1) is 14.5. The zero-order valence-electron chi connectivity index (χ0n) is 17.0. The minimum absolute atomic E-state index is 0.0323. The molecule has 1 aromatic heterocycles. The Hall–Kier alpha value is -2.92. The number of fused-ring (bicyclic) bond motifs is 1. The summed E-state index contributed by atoms with van der Waals surface area (Å²) >= 11 is 6.39. The van der Waals surface area contributed by atoms with E-state index in [1.165, 1.54) is 0 Å². The number of halogens is 1. The van der Waals surface area contributed by atoms with Gasteiger partial charge in [0, 0.05) is 22.4 Å². The maximum Gasteiger partial charge on any atom is 0.338 e. The van der Waals surface area contributed by atoms with E-state index in [1.54, 1.807) is 25.1 Å². The lowest BCUT2D eigenvalue weighted by atomic mass is 9.79. The number of hydrogen-bond acceptors (Lipinski definition) is 4. The molecule has 4 rings (SSSR count). The molecule has 0 aliphatic heterocycles. The van der Waals surface area contributed by atoms with Crippen LogP contribution >= 0.6 is 11.6 Å². The average Bonchev–Trinajstić information content (AvgIpc) is 3.18. The van der Waals surface area contributed by atoms with Crippen molar-refractivity contribution in [1.29, 1.82) is 0 Å². The Labute approximate surface area is 180 Å². The Balaban J connectivity index is 1.72. The number of carbonyl (C=O) groups excluding carboxylic acids is 2. The minimum Gasteiger partial charge on any atom is -0.462 e. The first-order valence-electron chi connectivity index (χ1n) is 10.1. The lowest BCUT2D eigenvalue weighted by molar-refractivity contribution is 0.0526. The van der Waals surface area contributed by atoms with Gasteiger partial charge in [0.15, 0.2) is 5.78 Å². The van der Waals surface area contributed by atoms with Gasteiger partial charge in [-0.3, -0.25) is 9.89 Å². The molecule has 1 aliphatic rings. The van der Waals surface area contributed by atoms with E-state index in [9.17, 15) is 9.59 Å². The molecule has 0 fully saturated rings. The summed E-state index contributed by atoms with van der Waals surface area (Å²) in [5.41, 5.74) is 5.50. The molecule has 1 heterocycles. The Morgan fingerprint density at radius 1 is 1.20 bits per heavy atom. The number of carbonyl (C=O) groups is 2. The van der Waals surface area contributed by atoms with E-state index in [0.29, 0.717) is 22.8 Å². The zero-order valence-corrected chi connectivity index (χ0v) is 17.8. The van der Waals surface area contributed by atoms with E-state index in [0.717, 1.165) is 47.3 Å². The van der Waals surface area contributed by atoms with Crippen molar-refractivity contribution in [3.05, 3.63) is 75.4 Å². The van der Waals surface area contributed by atoms with Gasteiger partial charge in [0.2, 0.25) is 0 Å². The number of hydrogen-bond donors (Lipinski definition) is 1. The molecule has 0 saturated heterocycles. The van der Waals surface area contributed by atoms with Gasteiger partial charge in [0.05, 0.1) is 28.8 Å². The second-order valence-electron chi connectivity index (χ2n) is 7.50. The summed E-state index contributed by atoms with van der Waals surface area (Å²) in [6.45, 7) is 4.02. The third-order valence-corrected chi connectivity index (χ3v) is 5.92. The standard InChI is InChI=1S/C24H23ClN2O3/c1-3-30-24(29)16-12-10-15(11-13-16)22-21-17(7-5-9-19(21)26-27-22)23(28)20-14(2)6-4-8-18(20)25/h4,6,8,10-13,17H,3,5,7,9H2,1-2H3,(H,26,27). The number of Topliss-reactive ketones (excluding diaryl/α,β-unsaturated/α-hetero) is 1. The highest BCUT2D eigenvalue weighted by molar-refractivity contribution is 6.34. The monoisotopic (exact) mass is 422 g/mol. The number of esters is 1. The molecule has 0 radical (unpaired) electrons. The van der Waals surface area contributed by atoms with Gasteiger partial charge in [-0.05, 0) is 56.9 Å². The minimum atomic E-state index is -0.352. The van der Waals surface area contributed by atoms with Crippen LogP contribution in [0.2, 0.25) is 5.02 Å². The van der Waals surface area contributed by atoms with E-state index in [4.69, 9.17) is 16.3 Å². The Kier molecular flexibility index (Phi) is 5.73. The predicted molar refractivity (Wildman–Crippen MR) is 116 cm³/mol. The van der Waals surface area contributed by atoms with Gasteiger partial charge in [0.1, 0.15) is 0 Å². The number of aromatic amines is 1. The number of rotatable bonds is 5. The number of H-pyrrole nitrogens is 1. The number of aromatic nitrogens is 2. The molecule has 30 heavy (non-hydrogen) atoms. The van der Waals surface area contributed by atoms with Crippen molar-refractivity contribution >= 4 is 23.4 Å². The second-order valence-corrected chi connectivity index (χ2v) is 7.91. The third kappa shape index (κ3) is 3.65. The van der Waals surface area contributed by atoms with Crippen molar-refractivity contribution in [2.24, 2.45) is 0 Å². The van der Waals surface area contributed by atoms with Gasteiger partial charge in [-0.1, -0.05) is 35.9 Å². The lowest BCUT2D eigenvalue weighted by Gasteiger charge is -2.23. The van der Waals surface area contributed by atoms with E-state index < -0.39 is 0 Å². The van der Waals surface area contributed by atoms with Gasteiger partial charge >= 0.3 is 5.97 Å². The molecular weight excluding hydrogens is 400 g/mol. The highest BCUT2D eigenvalue weighted by Gasteiger charge is 2.33. The van der Waals surface area contributed by atoms with Gasteiger partial charge in [-0.15, -0.1) is 0 Å². The molecule has 1 aliphatic carbocycles. The first-order valence-corrected chi connectivity index (χ1v) is 10.5. The summed E-state index contributed by atoms with van der Waals surface area (Å²) in [4.78, 5) is 25.4. The average molecular weight is 423 g/mol. The SMILES string of the molecule is CCOC(=O)c1ccc(-c2n[nH]c3c2C(C(=O)c2c(C)cccc2Cl)CCC3)cc1. The molecule has 154 valence electrons. The van der Waals surface area contributed by atoms with Crippen LogP contribution in [0.25, 0.3) is 11.3 Å². The van der Waals surface area contributed by atoms with Crippen LogP contribution in [-0.4, -0.2) is 28.6 Å². The number of benzene rings is 2. The van der Waals surface area contributed by atoms with E-state index in [1.807, 2.05) is 31.2 Å². The van der Waals surface area contributed by atoms with Crippen LogP contribution in [-0.2, 0) is 11.2 Å². The van der Waals surface area contributed by atoms with Crippen LogP contribution in [0, 0.1) is 6.92 Å². The fourth-order valence-corrected chi connectivity index (χ4v) is 4.47. The molecule has 1 unspecified atom stereocenters. The molecule has 5 nitrogen and oxygen atoms in total. The Morgan fingerprint density at radius 3 is 2.67 bits per heavy atom. The van der Waals surface area contributed by atoms with Crippen LogP contribution in [0.3, 0.4) is 0 Å². The van der Waals surface area contributed by atoms with Crippen LogP contribution in [0.4, 0.5) is 0 Å². The first kappa shape index (κ1) is 20.4. The van der Waals surface area contributed by atoms with Gasteiger partial charge < -0.3 is 4.74 Å². The molecular formula is C24H23ClN2O3. The van der Waals surface area contributed by atoms with Crippen LogP contribution in [0.15, 0.2) is 42.5 Å². The summed E-state index contributed by atoms with van der Waals surface area (Å²) in [5, 5.41) is 8.13. The molecule has 0 spiro atoms. The maximum absolute atomic E-state index is 13.5. The normalized spacial score (nSPS) is 15.5. The van der Waals surface area contributed by atoms with Gasteiger partial charge in [-0.25, -0.2) is 4.79 Å². The van der Waals surface area contributed by atoms with Crippen molar-refractivity contribution in [2.75, 3.05) is 6.61 Å². The van der Waals surface area contributed by atoms with E-state index >= 15 is 0 Å². The lowest BCUT2D eigenvalue weighted by Crippen LogP contribution is -2.20. The number of nitrogens with zero attached hydrogens (tertiary/aromatic N) is 1. The fourth-order valence-electron chi connectivity index (χ4n) is 4.16. The number of ether oxygens (including phenoxy) is 1. The van der Waals surface area contributed by atoms with Crippen molar-refractivity contribution in [3.63, 3.8) is 0 Å². The quantitative estimate of drug-likeness (QED) is 0.434. The number of nitrogens with one attached hydrogen (secondary N) is 1. The van der Waals surface area contributed by atoms with Gasteiger partial charge in [-0.2, -0.15) is 5.10 Å². The summed E-state index contributed by atoms with van der Waals surface area (Å²) < 4.78 is 5.05. The van der Waals surface area contributed by atoms with Crippen LogP contribution in [0.5, 0.6) is 0 Å². The molecule has 0 bridgehead atoms. The summed E-state index contributed by atoms with van der Waals surface area (Å²) in [6, 6.07) is 12.7. The zero-order chi connectivity index (χ0) is 21.3. The van der Waals surface area contributed by atoms with Crippen molar-refractivity contribution in [1.82, 2.24) is 10.2 Å². The highest BCUT2D eigenvalue weighted by Crippen LogP contribution is 2.40. The summed E-state index contributed by atoms with van der Waals surface area (Å²) in [6.07, 6.45) is 2.52. The topological polar surface area (TPSA) is 72.0 Å². The number of ketones is 1. The fraction of sp³-hybridized carbons (Fsp3) is 0.292. The molecule has 0 amide bonds. The summed E-state index contributed by atoms with van der Waals surface area (Å²) in [5.74, 6) is -0.619. The second kappa shape index (κ2) is 8.44. The van der Waals surface area contributed by atoms with Crippen LogP contribution < -0.4 is 0 Å². The molecule has 1 atom stereocenters. The largest absolute Gasteiger partial charge is 0.462 e. The molecule has 2 aromatic carbocycles. The smallest absolute Gasteiger partial charge is 0.338 e. The molecule has 1 N–H and O–H groups in total. The number of aryl methyl sites for hydroxylation is 2. The van der Waals surface area contributed by atoms with Crippen LogP contribution in [0.1, 0.15) is 63.2 Å². The highest BCUT2D eigenvalue weighted by atomic mass is 35.5. The summed E-state index contributed by atoms with van der Waals surface area (Å²) in [7, 11) is 0. The van der Waals surface area contributed by atoms with E-state index in [2.05, 4.69) is 10.2 Å². The van der Waals surface area contributed by atoms with Crippen molar-refractivity contribution in [3.8, 4) is 11.3 Å².